The number of para-hydroxylation sites is 1. The van der Waals surface area contributed by atoms with Crippen molar-refractivity contribution >= 4 is 5.82 Å². The van der Waals surface area contributed by atoms with Gasteiger partial charge >= 0.3 is 0 Å². The van der Waals surface area contributed by atoms with Crippen LogP contribution >= 0.6 is 0 Å². The summed E-state index contributed by atoms with van der Waals surface area (Å²) in [5.74, 6) is 1.70. The second kappa shape index (κ2) is 6.02. The van der Waals surface area contributed by atoms with Crippen LogP contribution in [0.1, 0.15) is 11.1 Å². The van der Waals surface area contributed by atoms with Crippen LogP contribution in [0.5, 0.6) is 5.75 Å². The Labute approximate surface area is 107 Å². The summed E-state index contributed by atoms with van der Waals surface area (Å²) >= 11 is 0. The summed E-state index contributed by atoms with van der Waals surface area (Å²) in [5.41, 5.74) is 7.77. The highest BCUT2D eigenvalue weighted by Gasteiger charge is 2.04. The molecule has 2 aromatic rings. The number of pyridine rings is 1. The van der Waals surface area contributed by atoms with Gasteiger partial charge in [-0.05, 0) is 12.1 Å². The molecule has 2 rings (SSSR count). The van der Waals surface area contributed by atoms with E-state index in [0.29, 0.717) is 13.1 Å². The molecule has 94 valence electrons. The Hall–Kier alpha value is -2.07. The largest absolute Gasteiger partial charge is 0.496 e. The third kappa shape index (κ3) is 2.78. The van der Waals surface area contributed by atoms with E-state index in [1.165, 1.54) is 0 Å². The fourth-order valence-corrected chi connectivity index (χ4v) is 1.79. The van der Waals surface area contributed by atoms with Gasteiger partial charge in [0.2, 0.25) is 0 Å². The van der Waals surface area contributed by atoms with Crippen molar-refractivity contribution in [3.63, 3.8) is 0 Å². The minimum Gasteiger partial charge on any atom is -0.496 e. The van der Waals surface area contributed by atoms with Crippen LogP contribution in [0.2, 0.25) is 0 Å². The summed E-state index contributed by atoms with van der Waals surface area (Å²) in [4.78, 5) is 4.29. The fourth-order valence-electron chi connectivity index (χ4n) is 1.79. The van der Waals surface area contributed by atoms with Crippen molar-refractivity contribution in [1.29, 1.82) is 0 Å². The van der Waals surface area contributed by atoms with E-state index in [1.807, 2.05) is 36.4 Å². The Bertz CT molecular complexity index is 466. The van der Waals surface area contributed by atoms with Crippen LogP contribution in [-0.2, 0) is 13.1 Å². The Balaban J connectivity index is 2.11. The molecular weight excluding hydrogens is 226 g/mol. The Morgan fingerprint density at radius 1 is 1.17 bits per heavy atom. The molecular formula is C14H17N3O. The van der Waals surface area contributed by atoms with Gasteiger partial charge in [-0.25, -0.2) is 4.98 Å². The lowest BCUT2D eigenvalue weighted by molar-refractivity contribution is 0.410. The number of hydrogen-bond donors (Lipinski definition) is 2. The minimum atomic E-state index is 0.474. The van der Waals surface area contributed by atoms with Gasteiger partial charge in [0.1, 0.15) is 11.6 Å². The molecule has 0 amide bonds. The normalized spacial score (nSPS) is 10.1. The molecule has 3 N–H and O–H groups in total. The van der Waals surface area contributed by atoms with E-state index < -0.39 is 0 Å². The van der Waals surface area contributed by atoms with Crippen molar-refractivity contribution in [3.05, 3.63) is 53.7 Å². The van der Waals surface area contributed by atoms with Crippen molar-refractivity contribution in [2.45, 2.75) is 13.1 Å². The van der Waals surface area contributed by atoms with Crippen LogP contribution < -0.4 is 15.8 Å². The van der Waals surface area contributed by atoms with E-state index in [9.17, 15) is 0 Å². The highest BCUT2D eigenvalue weighted by molar-refractivity contribution is 5.45. The molecule has 0 spiro atoms. The van der Waals surface area contributed by atoms with Gasteiger partial charge in [-0.1, -0.05) is 24.3 Å². The van der Waals surface area contributed by atoms with Gasteiger partial charge in [-0.2, -0.15) is 0 Å². The van der Waals surface area contributed by atoms with E-state index in [0.717, 1.165) is 22.7 Å². The summed E-state index contributed by atoms with van der Waals surface area (Å²) in [7, 11) is 1.67. The third-order valence-electron chi connectivity index (χ3n) is 2.75. The number of nitrogens with one attached hydrogen (secondary N) is 1. The van der Waals surface area contributed by atoms with Crippen LogP contribution in [0.15, 0.2) is 42.6 Å². The number of nitrogens with zero attached hydrogens (tertiary/aromatic N) is 1. The number of ether oxygens (including phenoxy) is 1. The lowest BCUT2D eigenvalue weighted by atomic mass is 10.2. The van der Waals surface area contributed by atoms with Crippen molar-refractivity contribution in [2.24, 2.45) is 5.73 Å². The zero-order valence-electron chi connectivity index (χ0n) is 10.4. The molecule has 0 aliphatic heterocycles. The van der Waals surface area contributed by atoms with Crippen molar-refractivity contribution in [2.75, 3.05) is 12.4 Å². The molecule has 0 atom stereocenters. The van der Waals surface area contributed by atoms with Gasteiger partial charge in [0, 0.05) is 30.4 Å². The summed E-state index contributed by atoms with van der Waals surface area (Å²) < 4.78 is 5.31. The molecule has 0 unspecified atom stereocenters. The first kappa shape index (κ1) is 12.4. The first-order valence-corrected chi connectivity index (χ1v) is 5.85. The first-order chi connectivity index (χ1) is 8.85. The van der Waals surface area contributed by atoms with Crippen molar-refractivity contribution in [3.8, 4) is 5.75 Å². The first-order valence-electron chi connectivity index (χ1n) is 5.85. The van der Waals surface area contributed by atoms with Gasteiger partial charge in [-0.3, -0.25) is 0 Å². The van der Waals surface area contributed by atoms with Gasteiger partial charge in [-0.15, -0.1) is 0 Å². The van der Waals surface area contributed by atoms with Crippen LogP contribution in [0.25, 0.3) is 0 Å². The van der Waals surface area contributed by atoms with Gasteiger partial charge < -0.3 is 15.8 Å². The topological polar surface area (TPSA) is 60.2 Å². The number of hydrogen-bond acceptors (Lipinski definition) is 4. The Morgan fingerprint density at radius 3 is 2.72 bits per heavy atom. The maximum atomic E-state index is 5.67. The summed E-state index contributed by atoms with van der Waals surface area (Å²) in [5, 5.41) is 3.28. The molecule has 0 aliphatic carbocycles. The molecule has 4 heteroatoms. The SMILES string of the molecule is COc1ccccc1CNc1ncccc1CN. The monoisotopic (exact) mass is 243 g/mol. The summed E-state index contributed by atoms with van der Waals surface area (Å²) in [6.45, 7) is 1.14. The second-order valence-corrected chi connectivity index (χ2v) is 3.88. The quantitative estimate of drug-likeness (QED) is 0.844. The molecule has 1 aromatic heterocycles. The number of anilines is 1. The highest BCUT2D eigenvalue weighted by atomic mass is 16.5. The number of benzene rings is 1. The van der Waals surface area contributed by atoms with Gasteiger partial charge in [0.15, 0.2) is 0 Å². The van der Waals surface area contributed by atoms with E-state index in [1.54, 1.807) is 13.3 Å². The molecule has 0 radical (unpaired) electrons. The maximum Gasteiger partial charge on any atom is 0.130 e. The molecule has 0 bridgehead atoms. The van der Waals surface area contributed by atoms with E-state index in [4.69, 9.17) is 10.5 Å². The van der Waals surface area contributed by atoms with Crippen LogP contribution in [0, 0.1) is 0 Å². The van der Waals surface area contributed by atoms with Gasteiger partial charge in [0.05, 0.1) is 7.11 Å². The van der Waals surface area contributed by atoms with E-state index in [2.05, 4.69) is 10.3 Å². The van der Waals surface area contributed by atoms with E-state index >= 15 is 0 Å². The second-order valence-electron chi connectivity index (χ2n) is 3.88. The number of rotatable bonds is 5. The molecule has 0 saturated heterocycles. The van der Waals surface area contributed by atoms with Crippen LogP contribution in [0.3, 0.4) is 0 Å². The van der Waals surface area contributed by atoms with Crippen molar-refractivity contribution < 1.29 is 4.74 Å². The predicted octanol–water partition coefficient (Wildman–Crippen LogP) is 2.16. The third-order valence-corrected chi connectivity index (χ3v) is 2.75. The average molecular weight is 243 g/mol. The molecule has 1 heterocycles. The smallest absolute Gasteiger partial charge is 0.130 e. The summed E-state index contributed by atoms with van der Waals surface area (Å²) in [6, 6.07) is 11.8. The lowest BCUT2D eigenvalue weighted by Crippen LogP contribution is -2.07. The molecule has 0 saturated carbocycles. The fraction of sp³-hybridized carbons (Fsp3) is 0.214. The van der Waals surface area contributed by atoms with Crippen LogP contribution in [-0.4, -0.2) is 12.1 Å². The molecule has 1 aromatic carbocycles. The molecule has 18 heavy (non-hydrogen) atoms. The minimum absolute atomic E-state index is 0.474. The maximum absolute atomic E-state index is 5.67. The molecule has 4 nitrogen and oxygen atoms in total. The number of nitrogens with two attached hydrogens (primary N) is 1. The predicted molar refractivity (Wildman–Crippen MR) is 72.4 cm³/mol. The average Bonchev–Trinajstić information content (AvgIpc) is 2.45. The van der Waals surface area contributed by atoms with Crippen LogP contribution in [0.4, 0.5) is 5.82 Å². The van der Waals surface area contributed by atoms with Crippen molar-refractivity contribution in [1.82, 2.24) is 4.98 Å². The molecule has 0 fully saturated rings. The summed E-state index contributed by atoms with van der Waals surface area (Å²) in [6.07, 6.45) is 1.75. The number of aromatic nitrogens is 1. The molecule has 0 aliphatic rings. The number of methoxy groups -OCH3 is 1. The van der Waals surface area contributed by atoms with E-state index in [-0.39, 0.29) is 0 Å². The Kier molecular flexibility index (Phi) is 4.15. The Morgan fingerprint density at radius 2 is 1.94 bits per heavy atom. The zero-order chi connectivity index (χ0) is 12.8. The lowest BCUT2D eigenvalue weighted by Gasteiger charge is -2.11. The highest BCUT2D eigenvalue weighted by Crippen LogP contribution is 2.19. The van der Waals surface area contributed by atoms with Gasteiger partial charge in [0.25, 0.3) is 0 Å². The standard InChI is InChI=1S/C14H17N3O/c1-18-13-7-3-2-5-12(13)10-17-14-11(9-15)6-4-8-16-14/h2-8H,9-10,15H2,1H3,(H,16,17). The zero-order valence-corrected chi connectivity index (χ0v) is 10.4.